The van der Waals surface area contributed by atoms with Crippen LogP contribution in [-0.4, -0.2) is 38.9 Å². The average molecular weight is 376 g/mol. The van der Waals surface area contributed by atoms with Crippen LogP contribution in [0.15, 0.2) is 18.5 Å². The first-order valence-corrected chi connectivity index (χ1v) is 9.31. The molecule has 2 bridgehead atoms. The molecule has 0 spiro atoms. The standard InChI is InChI=1S/C18H22ClN5O2/c1-24-9-12(8-20-24)13-7-14(23-18(19)21-13)22-16-11-5-3-10(4-6-11)15(16)17(25)26-2/h7-11,15-16H,3-6H2,1-2H3,(H,21,22,23). The highest BCUT2D eigenvalue weighted by Crippen LogP contribution is 2.46. The minimum absolute atomic E-state index is 0.0164. The van der Waals surface area contributed by atoms with E-state index < -0.39 is 0 Å². The summed E-state index contributed by atoms with van der Waals surface area (Å²) in [5.74, 6) is 1.18. The number of aromatic nitrogens is 4. The van der Waals surface area contributed by atoms with Gasteiger partial charge in [-0.25, -0.2) is 9.97 Å². The summed E-state index contributed by atoms with van der Waals surface area (Å²) < 4.78 is 6.80. The maximum atomic E-state index is 12.4. The van der Waals surface area contributed by atoms with Crippen molar-refractivity contribution in [3.63, 3.8) is 0 Å². The number of rotatable bonds is 4. The summed E-state index contributed by atoms with van der Waals surface area (Å²) in [5.41, 5.74) is 1.57. The summed E-state index contributed by atoms with van der Waals surface area (Å²) in [7, 11) is 3.31. The third kappa shape index (κ3) is 3.16. The Hall–Kier alpha value is -2.15. The van der Waals surface area contributed by atoms with Crippen LogP contribution in [-0.2, 0) is 16.6 Å². The van der Waals surface area contributed by atoms with Crippen LogP contribution in [0.2, 0.25) is 5.28 Å². The number of hydrogen-bond acceptors (Lipinski definition) is 6. The second kappa shape index (κ2) is 6.87. The topological polar surface area (TPSA) is 81.9 Å². The van der Waals surface area contributed by atoms with E-state index in [-0.39, 0.29) is 23.2 Å². The van der Waals surface area contributed by atoms with Crippen molar-refractivity contribution in [1.82, 2.24) is 19.7 Å². The van der Waals surface area contributed by atoms with Crippen LogP contribution in [0, 0.1) is 17.8 Å². The molecule has 7 nitrogen and oxygen atoms in total. The fourth-order valence-corrected chi connectivity index (χ4v) is 4.68. The van der Waals surface area contributed by atoms with Gasteiger partial charge in [0.2, 0.25) is 5.28 Å². The molecule has 0 amide bonds. The minimum Gasteiger partial charge on any atom is -0.469 e. The first kappa shape index (κ1) is 17.3. The molecule has 0 radical (unpaired) electrons. The molecule has 0 saturated heterocycles. The van der Waals surface area contributed by atoms with Gasteiger partial charge in [0, 0.05) is 30.9 Å². The molecule has 3 aliphatic carbocycles. The van der Waals surface area contributed by atoms with Crippen molar-refractivity contribution in [2.75, 3.05) is 12.4 Å². The molecular formula is C18H22ClN5O2. The first-order chi connectivity index (χ1) is 12.5. The molecule has 5 rings (SSSR count). The highest BCUT2D eigenvalue weighted by Gasteiger charge is 2.47. The Labute approximate surface area is 157 Å². The normalized spacial score (nSPS) is 27.3. The van der Waals surface area contributed by atoms with Gasteiger partial charge in [0.15, 0.2) is 0 Å². The van der Waals surface area contributed by atoms with Crippen LogP contribution in [0.1, 0.15) is 25.7 Å². The van der Waals surface area contributed by atoms with Gasteiger partial charge >= 0.3 is 5.97 Å². The molecule has 2 heterocycles. The molecule has 2 atom stereocenters. The zero-order valence-corrected chi connectivity index (χ0v) is 15.6. The molecule has 3 fully saturated rings. The molecule has 2 aromatic heterocycles. The van der Waals surface area contributed by atoms with Crippen LogP contribution >= 0.6 is 11.6 Å². The van der Waals surface area contributed by atoms with E-state index in [1.807, 2.05) is 19.3 Å². The summed E-state index contributed by atoms with van der Waals surface area (Å²) in [6, 6.07) is 1.88. The van der Waals surface area contributed by atoms with Gasteiger partial charge in [-0.2, -0.15) is 5.10 Å². The Morgan fingerprint density at radius 3 is 2.65 bits per heavy atom. The van der Waals surface area contributed by atoms with E-state index >= 15 is 0 Å². The number of nitrogens with zero attached hydrogens (tertiary/aromatic N) is 4. The molecule has 0 aliphatic heterocycles. The quantitative estimate of drug-likeness (QED) is 0.653. The Kier molecular flexibility index (Phi) is 4.56. The number of nitrogens with one attached hydrogen (secondary N) is 1. The molecule has 138 valence electrons. The largest absolute Gasteiger partial charge is 0.469 e. The lowest BCUT2D eigenvalue weighted by Crippen LogP contribution is -2.51. The number of carbonyl (C=O) groups excluding carboxylic acids is 1. The summed E-state index contributed by atoms with van der Waals surface area (Å²) in [5, 5.41) is 7.82. The van der Waals surface area contributed by atoms with Crippen LogP contribution in [0.25, 0.3) is 11.3 Å². The van der Waals surface area contributed by atoms with Gasteiger partial charge in [-0.05, 0) is 49.1 Å². The number of esters is 1. The predicted octanol–water partition coefficient (Wildman–Crippen LogP) is 2.92. The molecule has 2 unspecified atom stereocenters. The number of methoxy groups -OCH3 is 1. The lowest BCUT2D eigenvalue weighted by molar-refractivity contribution is -0.152. The van der Waals surface area contributed by atoms with E-state index in [0.29, 0.717) is 23.3 Å². The molecule has 3 aliphatic rings. The summed E-state index contributed by atoms with van der Waals surface area (Å²) in [6.45, 7) is 0. The van der Waals surface area contributed by atoms with Gasteiger partial charge in [0.1, 0.15) is 5.82 Å². The Morgan fingerprint density at radius 2 is 2.00 bits per heavy atom. The van der Waals surface area contributed by atoms with Crippen LogP contribution in [0.5, 0.6) is 0 Å². The molecule has 1 N–H and O–H groups in total. The third-order valence-corrected chi connectivity index (χ3v) is 5.88. The smallest absolute Gasteiger partial charge is 0.311 e. The van der Waals surface area contributed by atoms with Gasteiger partial charge in [0.05, 0.1) is 24.9 Å². The number of fused-ring (bicyclic) bond motifs is 3. The van der Waals surface area contributed by atoms with Gasteiger partial charge in [0.25, 0.3) is 0 Å². The van der Waals surface area contributed by atoms with Gasteiger partial charge in [-0.3, -0.25) is 9.48 Å². The van der Waals surface area contributed by atoms with E-state index in [1.165, 1.54) is 7.11 Å². The van der Waals surface area contributed by atoms with Crippen molar-refractivity contribution in [1.29, 1.82) is 0 Å². The molecule has 2 aromatic rings. The van der Waals surface area contributed by atoms with Gasteiger partial charge < -0.3 is 10.1 Å². The van der Waals surface area contributed by atoms with Crippen molar-refractivity contribution >= 4 is 23.4 Å². The van der Waals surface area contributed by atoms with E-state index in [9.17, 15) is 4.79 Å². The van der Waals surface area contributed by atoms with E-state index in [1.54, 1.807) is 10.9 Å². The van der Waals surface area contributed by atoms with Crippen molar-refractivity contribution in [2.24, 2.45) is 24.8 Å². The second-order valence-electron chi connectivity index (χ2n) is 7.20. The summed E-state index contributed by atoms with van der Waals surface area (Å²) in [4.78, 5) is 21.0. The average Bonchev–Trinajstić information content (AvgIpc) is 3.08. The summed E-state index contributed by atoms with van der Waals surface area (Å²) >= 11 is 6.15. The number of aryl methyl sites for hydroxylation is 1. The third-order valence-electron chi connectivity index (χ3n) is 5.71. The van der Waals surface area contributed by atoms with Gasteiger partial charge in [-0.15, -0.1) is 0 Å². The zero-order chi connectivity index (χ0) is 18.3. The highest BCUT2D eigenvalue weighted by molar-refractivity contribution is 6.28. The molecule has 0 aromatic carbocycles. The molecule has 8 heteroatoms. The fraction of sp³-hybridized carbons (Fsp3) is 0.556. The molecule has 26 heavy (non-hydrogen) atoms. The van der Waals surface area contributed by atoms with Crippen molar-refractivity contribution in [3.05, 3.63) is 23.7 Å². The number of carbonyl (C=O) groups is 1. The van der Waals surface area contributed by atoms with Crippen LogP contribution in [0.4, 0.5) is 5.82 Å². The molecular weight excluding hydrogens is 354 g/mol. The van der Waals surface area contributed by atoms with Crippen molar-refractivity contribution in [3.8, 4) is 11.3 Å². The maximum absolute atomic E-state index is 12.4. The number of halogens is 1. The molecule has 3 saturated carbocycles. The van der Waals surface area contributed by atoms with Gasteiger partial charge in [-0.1, -0.05) is 0 Å². The monoisotopic (exact) mass is 375 g/mol. The lowest BCUT2D eigenvalue weighted by atomic mass is 9.61. The fourth-order valence-electron chi connectivity index (χ4n) is 4.50. The van der Waals surface area contributed by atoms with E-state index in [0.717, 1.165) is 31.2 Å². The first-order valence-electron chi connectivity index (χ1n) is 8.93. The van der Waals surface area contributed by atoms with E-state index in [4.69, 9.17) is 16.3 Å². The number of hydrogen-bond donors (Lipinski definition) is 1. The summed E-state index contributed by atoms with van der Waals surface area (Å²) in [6.07, 6.45) is 8.06. The Morgan fingerprint density at radius 1 is 1.27 bits per heavy atom. The predicted molar refractivity (Wildman–Crippen MR) is 97.6 cm³/mol. The van der Waals surface area contributed by atoms with Crippen molar-refractivity contribution < 1.29 is 9.53 Å². The Balaban J connectivity index is 1.63. The highest BCUT2D eigenvalue weighted by atomic mass is 35.5. The van der Waals surface area contributed by atoms with E-state index in [2.05, 4.69) is 20.4 Å². The van der Waals surface area contributed by atoms with Crippen LogP contribution < -0.4 is 5.32 Å². The second-order valence-corrected chi connectivity index (χ2v) is 7.54. The zero-order valence-electron chi connectivity index (χ0n) is 14.9. The minimum atomic E-state index is -0.136. The maximum Gasteiger partial charge on any atom is 0.311 e. The Bertz CT molecular complexity index is 816. The number of anilines is 1. The van der Waals surface area contributed by atoms with Crippen molar-refractivity contribution in [2.45, 2.75) is 31.7 Å². The SMILES string of the molecule is COC(=O)C1C2CCC(CC2)C1Nc1cc(-c2cnn(C)c2)nc(Cl)n1. The number of ether oxygens (including phenoxy) is 1. The van der Waals surface area contributed by atoms with Crippen LogP contribution in [0.3, 0.4) is 0 Å². The lowest BCUT2D eigenvalue weighted by Gasteiger charge is -2.47.